The number of nitrogens with one attached hydrogen (secondary N) is 1. The Labute approximate surface area is 138 Å². The summed E-state index contributed by atoms with van der Waals surface area (Å²) in [5.41, 5.74) is 1.18. The highest BCUT2D eigenvalue weighted by Crippen LogP contribution is 2.12. The second-order valence-corrected chi connectivity index (χ2v) is 6.28. The van der Waals surface area contributed by atoms with Gasteiger partial charge >= 0.3 is 5.97 Å². The van der Waals surface area contributed by atoms with Gasteiger partial charge in [-0.25, -0.2) is 0 Å². The van der Waals surface area contributed by atoms with Gasteiger partial charge in [0.05, 0.1) is 19.7 Å². The second-order valence-electron chi connectivity index (χ2n) is 6.28. The van der Waals surface area contributed by atoms with Crippen LogP contribution in [0.3, 0.4) is 0 Å². The molecule has 2 rings (SSSR count). The second kappa shape index (κ2) is 8.89. The lowest BCUT2D eigenvalue weighted by Gasteiger charge is -2.30. The number of quaternary nitrogens is 1. The number of aliphatic hydroxyl groups excluding tert-OH is 1. The Morgan fingerprint density at radius 3 is 2.83 bits per heavy atom. The number of hydrogen-bond acceptors (Lipinski definition) is 4. The molecule has 1 unspecified atom stereocenters. The molecule has 5 nitrogen and oxygen atoms in total. The summed E-state index contributed by atoms with van der Waals surface area (Å²) in [6.45, 7) is 6.88. The fourth-order valence-corrected chi connectivity index (χ4v) is 3.02. The van der Waals surface area contributed by atoms with Gasteiger partial charge in [-0.05, 0) is 38.8 Å². The van der Waals surface area contributed by atoms with Crippen molar-refractivity contribution in [2.45, 2.75) is 32.8 Å². The third-order valence-corrected chi connectivity index (χ3v) is 4.23. The quantitative estimate of drug-likeness (QED) is 0.722. The molecule has 1 saturated heterocycles. The molecule has 1 aromatic rings. The summed E-state index contributed by atoms with van der Waals surface area (Å²) >= 11 is 0. The molecule has 5 heteroatoms. The van der Waals surface area contributed by atoms with Crippen LogP contribution >= 0.6 is 0 Å². The molecule has 0 aromatic heterocycles. The molecule has 0 aliphatic carbocycles. The van der Waals surface area contributed by atoms with E-state index in [2.05, 4.69) is 0 Å². The minimum absolute atomic E-state index is 0.0380. The van der Waals surface area contributed by atoms with Crippen molar-refractivity contribution in [3.05, 3.63) is 29.8 Å². The number of benzene rings is 1. The molecule has 1 heterocycles. The zero-order chi connectivity index (χ0) is 16.7. The van der Waals surface area contributed by atoms with Gasteiger partial charge in [-0.15, -0.1) is 0 Å². The zero-order valence-corrected chi connectivity index (χ0v) is 14.1. The topological polar surface area (TPSA) is 60.2 Å². The first-order valence-corrected chi connectivity index (χ1v) is 8.46. The number of piperidine rings is 1. The van der Waals surface area contributed by atoms with E-state index >= 15 is 0 Å². The van der Waals surface area contributed by atoms with E-state index in [1.807, 2.05) is 38.1 Å². The number of hydrogen-bond donors (Lipinski definition) is 2. The Kier molecular flexibility index (Phi) is 6.86. The summed E-state index contributed by atoms with van der Waals surface area (Å²) in [7, 11) is 0. The molecule has 1 fully saturated rings. The molecular weight excluding hydrogens is 294 g/mol. The third kappa shape index (κ3) is 5.84. The average Bonchev–Trinajstić information content (AvgIpc) is 2.55. The Morgan fingerprint density at radius 2 is 2.13 bits per heavy atom. The molecule has 23 heavy (non-hydrogen) atoms. The van der Waals surface area contributed by atoms with Gasteiger partial charge in [-0.1, -0.05) is 17.7 Å². The van der Waals surface area contributed by atoms with E-state index in [4.69, 9.17) is 9.47 Å². The van der Waals surface area contributed by atoms with Gasteiger partial charge < -0.3 is 19.5 Å². The Hall–Kier alpha value is -1.59. The first kappa shape index (κ1) is 17.8. The first-order chi connectivity index (χ1) is 11.1. The standard InChI is InChI=1S/C18H27NO4/c1-3-22-18(21)15-5-4-10-19(11-15)12-16(20)13-23-17-8-6-14(2)7-9-17/h6-9,15-16,20H,3-5,10-13H2,1-2H3/p+1/t15-,16-/m0/s1. The average molecular weight is 322 g/mol. The summed E-state index contributed by atoms with van der Waals surface area (Å²) < 4.78 is 10.7. The van der Waals surface area contributed by atoms with Crippen LogP contribution in [-0.4, -0.2) is 50.0 Å². The predicted molar refractivity (Wildman–Crippen MR) is 87.6 cm³/mol. The van der Waals surface area contributed by atoms with Gasteiger partial charge in [0.1, 0.15) is 30.9 Å². The van der Waals surface area contributed by atoms with Crippen LogP contribution in [0.5, 0.6) is 5.75 Å². The van der Waals surface area contributed by atoms with Crippen molar-refractivity contribution < 1.29 is 24.3 Å². The maximum absolute atomic E-state index is 11.8. The molecule has 0 spiro atoms. The summed E-state index contributed by atoms with van der Waals surface area (Å²) in [6.07, 6.45) is 1.34. The Balaban J connectivity index is 1.74. The van der Waals surface area contributed by atoms with Gasteiger partial charge in [-0.3, -0.25) is 4.79 Å². The summed E-state index contributed by atoms with van der Waals surface area (Å²) in [5.74, 6) is 0.631. The highest BCUT2D eigenvalue weighted by molar-refractivity contribution is 5.72. The van der Waals surface area contributed by atoms with Gasteiger partial charge in [0.15, 0.2) is 0 Å². The van der Waals surface area contributed by atoms with Crippen LogP contribution in [0.1, 0.15) is 25.3 Å². The predicted octanol–water partition coefficient (Wildman–Crippen LogP) is 0.593. The van der Waals surface area contributed by atoms with E-state index in [1.54, 1.807) is 0 Å². The minimum Gasteiger partial charge on any atom is -0.491 e. The lowest BCUT2D eigenvalue weighted by Crippen LogP contribution is -3.15. The van der Waals surface area contributed by atoms with Crippen molar-refractivity contribution in [2.75, 3.05) is 32.8 Å². The highest BCUT2D eigenvalue weighted by Gasteiger charge is 2.30. The van der Waals surface area contributed by atoms with E-state index < -0.39 is 6.10 Å². The van der Waals surface area contributed by atoms with Crippen LogP contribution in [0.4, 0.5) is 0 Å². The van der Waals surface area contributed by atoms with Crippen molar-refractivity contribution in [2.24, 2.45) is 5.92 Å². The molecule has 3 atom stereocenters. The molecule has 0 bridgehead atoms. The van der Waals surface area contributed by atoms with Crippen LogP contribution in [0, 0.1) is 12.8 Å². The van der Waals surface area contributed by atoms with Gasteiger partial charge in [0, 0.05) is 0 Å². The molecule has 0 saturated carbocycles. The van der Waals surface area contributed by atoms with Crippen LogP contribution in [0.2, 0.25) is 0 Å². The Bertz CT molecular complexity index is 488. The molecule has 0 amide bonds. The zero-order valence-electron chi connectivity index (χ0n) is 14.1. The van der Waals surface area contributed by atoms with Crippen LogP contribution in [0.25, 0.3) is 0 Å². The SMILES string of the molecule is CCOC(=O)[C@H]1CCC[NH+](C[C@H](O)COc2ccc(C)cc2)C1. The number of aliphatic hydroxyl groups is 1. The maximum Gasteiger partial charge on any atom is 0.314 e. The van der Waals surface area contributed by atoms with E-state index in [9.17, 15) is 9.90 Å². The van der Waals surface area contributed by atoms with Crippen molar-refractivity contribution in [3.63, 3.8) is 0 Å². The van der Waals surface area contributed by atoms with Crippen molar-refractivity contribution in [3.8, 4) is 5.75 Å². The highest BCUT2D eigenvalue weighted by atomic mass is 16.5. The molecule has 1 aliphatic heterocycles. The van der Waals surface area contributed by atoms with Gasteiger partial charge in [-0.2, -0.15) is 0 Å². The van der Waals surface area contributed by atoms with E-state index in [0.717, 1.165) is 31.7 Å². The monoisotopic (exact) mass is 322 g/mol. The summed E-state index contributed by atoms with van der Waals surface area (Å²) in [6, 6.07) is 7.79. The fraction of sp³-hybridized carbons (Fsp3) is 0.611. The number of likely N-dealkylation sites (tertiary alicyclic amines) is 1. The Morgan fingerprint density at radius 1 is 1.39 bits per heavy atom. The molecule has 1 aromatic carbocycles. The molecule has 128 valence electrons. The largest absolute Gasteiger partial charge is 0.491 e. The van der Waals surface area contributed by atoms with Gasteiger partial charge in [0.25, 0.3) is 0 Å². The van der Waals surface area contributed by atoms with Crippen LogP contribution in [-0.2, 0) is 9.53 Å². The molecule has 0 radical (unpaired) electrons. The van der Waals surface area contributed by atoms with Crippen molar-refractivity contribution >= 4 is 5.97 Å². The third-order valence-electron chi connectivity index (χ3n) is 4.23. The number of aryl methyl sites for hydroxylation is 1. The van der Waals surface area contributed by atoms with E-state index in [0.29, 0.717) is 13.2 Å². The number of esters is 1. The number of carbonyl (C=O) groups is 1. The fourth-order valence-electron chi connectivity index (χ4n) is 3.02. The molecular formula is C18H28NO4+. The molecule has 1 aliphatic rings. The van der Waals surface area contributed by atoms with E-state index in [1.165, 1.54) is 10.5 Å². The van der Waals surface area contributed by atoms with Gasteiger partial charge in [0.2, 0.25) is 0 Å². The normalized spacial score (nSPS) is 22.4. The number of ether oxygens (including phenoxy) is 2. The number of rotatable bonds is 7. The van der Waals surface area contributed by atoms with Crippen LogP contribution < -0.4 is 9.64 Å². The summed E-state index contributed by atoms with van der Waals surface area (Å²) in [4.78, 5) is 13.1. The van der Waals surface area contributed by atoms with Crippen LogP contribution in [0.15, 0.2) is 24.3 Å². The maximum atomic E-state index is 11.8. The lowest BCUT2D eigenvalue weighted by atomic mass is 9.98. The van der Waals surface area contributed by atoms with Crippen molar-refractivity contribution in [1.29, 1.82) is 0 Å². The minimum atomic E-state index is -0.535. The smallest absolute Gasteiger partial charge is 0.314 e. The van der Waals surface area contributed by atoms with Crippen molar-refractivity contribution in [1.82, 2.24) is 0 Å². The molecule has 2 N–H and O–H groups in total. The lowest BCUT2D eigenvalue weighted by molar-refractivity contribution is -0.910. The summed E-state index contributed by atoms with van der Waals surface area (Å²) in [5, 5.41) is 10.2. The first-order valence-electron chi connectivity index (χ1n) is 8.46. The number of carbonyl (C=O) groups excluding carboxylic acids is 1. The van der Waals surface area contributed by atoms with E-state index in [-0.39, 0.29) is 18.5 Å².